The number of carbonyl (C=O) groups is 1. The van der Waals surface area contributed by atoms with E-state index in [-0.39, 0.29) is 12.5 Å². The van der Waals surface area contributed by atoms with E-state index in [1.54, 1.807) is 0 Å². The van der Waals surface area contributed by atoms with Crippen molar-refractivity contribution in [1.82, 2.24) is 5.32 Å². The van der Waals surface area contributed by atoms with Gasteiger partial charge in [-0.3, -0.25) is 4.79 Å². The summed E-state index contributed by atoms with van der Waals surface area (Å²) in [6, 6.07) is -0.709. The molecular formula is C42H83NO8. The zero-order valence-electron chi connectivity index (χ0n) is 33.1. The molecule has 1 saturated heterocycles. The Bertz CT molecular complexity index is 771. The maximum Gasteiger partial charge on any atom is 0.220 e. The van der Waals surface area contributed by atoms with Gasteiger partial charge in [-0.25, -0.2) is 0 Å². The fraction of sp³-hybridized carbons (Fsp3) is 0.976. The molecule has 2 unspecified atom stereocenters. The molecule has 1 fully saturated rings. The summed E-state index contributed by atoms with van der Waals surface area (Å²) in [7, 11) is 0. The third-order valence-electron chi connectivity index (χ3n) is 10.7. The first-order valence-electron chi connectivity index (χ1n) is 21.7. The number of aliphatic hydroxyl groups is 5. The summed E-state index contributed by atoms with van der Waals surface area (Å²) in [4.78, 5) is 12.9. The van der Waals surface area contributed by atoms with Crippen molar-refractivity contribution in [2.75, 3.05) is 13.2 Å². The Morgan fingerprint density at radius 3 is 1.39 bits per heavy atom. The van der Waals surface area contributed by atoms with Gasteiger partial charge in [0.25, 0.3) is 0 Å². The van der Waals surface area contributed by atoms with Crippen molar-refractivity contribution in [2.45, 2.75) is 249 Å². The number of hydrogen-bond donors (Lipinski definition) is 6. The Morgan fingerprint density at radius 2 is 0.980 bits per heavy atom. The van der Waals surface area contributed by atoms with Gasteiger partial charge in [0, 0.05) is 6.42 Å². The lowest BCUT2D eigenvalue weighted by Gasteiger charge is -2.40. The van der Waals surface area contributed by atoms with Crippen LogP contribution < -0.4 is 5.32 Å². The summed E-state index contributed by atoms with van der Waals surface area (Å²) < 4.78 is 11.2. The normalized spacial score (nSPS) is 21.9. The number of ether oxygens (including phenoxy) is 2. The summed E-state index contributed by atoms with van der Waals surface area (Å²) in [5.41, 5.74) is 0. The molecule has 9 heteroatoms. The van der Waals surface area contributed by atoms with E-state index in [0.29, 0.717) is 12.8 Å². The molecule has 304 valence electrons. The maximum absolute atomic E-state index is 12.9. The van der Waals surface area contributed by atoms with Crippen LogP contribution in [-0.4, -0.2) is 87.5 Å². The van der Waals surface area contributed by atoms with Crippen LogP contribution >= 0.6 is 0 Å². The fourth-order valence-corrected chi connectivity index (χ4v) is 7.16. The molecule has 1 rings (SSSR count). The average molecular weight is 730 g/mol. The third kappa shape index (κ3) is 25.0. The van der Waals surface area contributed by atoms with Gasteiger partial charge in [0.2, 0.25) is 5.91 Å². The van der Waals surface area contributed by atoms with Crippen LogP contribution in [0.4, 0.5) is 0 Å². The second-order valence-electron chi connectivity index (χ2n) is 15.5. The van der Waals surface area contributed by atoms with E-state index in [2.05, 4.69) is 19.2 Å². The quantitative estimate of drug-likeness (QED) is 0.0353. The van der Waals surface area contributed by atoms with E-state index in [0.717, 1.165) is 38.5 Å². The molecule has 0 radical (unpaired) electrons. The van der Waals surface area contributed by atoms with Crippen molar-refractivity contribution in [3.05, 3.63) is 0 Å². The highest BCUT2D eigenvalue weighted by molar-refractivity contribution is 5.76. The summed E-state index contributed by atoms with van der Waals surface area (Å²) in [5, 5.41) is 54.2. The number of amides is 1. The first-order valence-corrected chi connectivity index (χ1v) is 21.7. The molecule has 51 heavy (non-hydrogen) atoms. The van der Waals surface area contributed by atoms with Gasteiger partial charge in [-0.2, -0.15) is 0 Å². The van der Waals surface area contributed by atoms with E-state index in [1.807, 2.05) is 0 Å². The number of unbranched alkanes of at least 4 members (excludes halogenated alkanes) is 26. The van der Waals surface area contributed by atoms with Crippen LogP contribution in [0.5, 0.6) is 0 Å². The molecule has 7 atom stereocenters. The molecular weight excluding hydrogens is 646 g/mol. The van der Waals surface area contributed by atoms with E-state index in [1.165, 1.54) is 141 Å². The van der Waals surface area contributed by atoms with Crippen LogP contribution in [0.1, 0.15) is 206 Å². The van der Waals surface area contributed by atoms with Crippen LogP contribution in [0.15, 0.2) is 0 Å². The number of rotatable bonds is 36. The van der Waals surface area contributed by atoms with Crippen molar-refractivity contribution in [2.24, 2.45) is 0 Å². The molecule has 1 amide bonds. The molecule has 9 nitrogen and oxygen atoms in total. The van der Waals surface area contributed by atoms with Crippen molar-refractivity contribution < 1.29 is 39.8 Å². The van der Waals surface area contributed by atoms with Gasteiger partial charge in [-0.1, -0.05) is 187 Å². The number of aliphatic hydroxyl groups excluding tert-OH is 5. The molecule has 0 bridgehead atoms. The zero-order chi connectivity index (χ0) is 37.4. The highest BCUT2D eigenvalue weighted by atomic mass is 16.7. The first kappa shape index (κ1) is 48.2. The standard InChI is InChI=1S/C42H83NO8/c1-3-5-7-9-11-13-15-16-17-18-19-20-22-24-26-28-30-32-38(46)43-35(34-50-42-41(49)40(48)39(47)37(33-44)51-42)36(45)31-29-27-25-23-21-14-12-10-8-6-4-2/h35-37,39-42,44-45,47-49H,3-34H2,1-2H3,(H,43,46)/t35-,36+,37-,39-,40?,41?,42-/m0/s1. The topological polar surface area (TPSA) is 149 Å². The fourth-order valence-electron chi connectivity index (χ4n) is 7.16. The predicted molar refractivity (Wildman–Crippen MR) is 208 cm³/mol. The molecule has 1 aliphatic heterocycles. The van der Waals surface area contributed by atoms with Gasteiger partial charge < -0.3 is 40.3 Å². The zero-order valence-corrected chi connectivity index (χ0v) is 33.1. The molecule has 1 aliphatic rings. The monoisotopic (exact) mass is 730 g/mol. The molecule has 6 N–H and O–H groups in total. The predicted octanol–water partition coefficient (Wildman–Crippen LogP) is 8.39. The average Bonchev–Trinajstić information content (AvgIpc) is 3.13. The Labute approximate surface area is 313 Å². The van der Waals surface area contributed by atoms with E-state index in [4.69, 9.17) is 9.47 Å². The van der Waals surface area contributed by atoms with E-state index in [9.17, 15) is 30.3 Å². The van der Waals surface area contributed by atoms with Crippen LogP contribution in [0.25, 0.3) is 0 Å². The first-order chi connectivity index (χ1) is 24.8. The number of carbonyl (C=O) groups excluding carboxylic acids is 1. The van der Waals surface area contributed by atoms with Gasteiger partial charge in [0.05, 0.1) is 25.4 Å². The summed E-state index contributed by atoms with van der Waals surface area (Å²) in [6.07, 6.45) is 28.2. The molecule has 0 aromatic rings. The van der Waals surface area contributed by atoms with Crippen molar-refractivity contribution in [3.63, 3.8) is 0 Å². The van der Waals surface area contributed by atoms with Crippen LogP contribution in [0.3, 0.4) is 0 Å². The molecule has 0 aromatic carbocycles. The minimum atomic E-state index is -1.55. The Morgan fingerprint density at radius 1 is 0.588 bits per heavy atom. The Hall–Kier alpha value is -0.810. The molecule has 0 saturated carbocycles. The second-order valence-corrected chi connectivity index (χ2v) is 15.5. The lowest BCUT2D eigenvalue weighted by molar-refractivity contribution is -0.302. The lowest BCUT2D eigenvalue weighted by atomic mass is 9.99. The van der Waals surface area contributed by atoms with Gasteiger partial charge >= 0.3 is 0 Å². The molecule has 0 spiro atoms. The summed E-state index contributed by atoms with van der Waals surface area (Å²) in [5.74, 6) is -0.142. The Kier molecular flexibility index (Phi) is 31.9. The van der Waals surface area contributed by atoms with Crippen LogP contribution in [0, 0.1) is 0 Å². The van der Waals surface area contributed by atoms with Gasteiger partial charge in [-0.15, -0.1) is 0 Å². The van der Waals surface area contributed by atoms with Gasteiger partial charge in [0.15, 0.2) is 6.29 Å². The highest BCUT2D eigenvalue weighted by Gasteiger charge is 2.44. The summed E-state index contributed by atoms with van der Waals surface area (Å²) >= 11 is 0. The largest absolute Gasteiger partial charge is 0.394 e. The highest BCUT2D eigenvalue weighted by Crippen LogP contribution is 2.23. The van der Waals surface area contributed by atoms with Crippen LogP contribution in [-0.2, 0) is 14.3 Å². The lowest BCUT2D eigenvalue weighted by Crippen LogP contribution is -2.60. The van der Waals surface area contributed by atoms with Crippen molar-refractivity contribution >= 4 is 5.91 Å². The third-order valence-corrected chi connectivity index (χ3v) is 10.7. The molecule has 0 aliphatic carbocycles. The number of nitrogens with one attached hydrogen (secondary N) is 1. The second kappa shape index (κ2) is 33.7. The van der Waals surface area contributed by atoms with Gasteiger partial charge in [-0.05, 0) is 12.8 Å². The number of hydrogen-bond acceptors (Lipinski definition) is 8. The smallest absolute Gasteiger partial charge is 0.220 e. The van der Waals surface area contributed by atoms with Crippen molar-refractivity contribution in [3.8, 4) is 0 Å². The maximum atomic E-state index is 12.9. The summed E-state index contributed by atoms with van der Waals surface area (Å²) in [6.45, 7) is 3.83. The minimum Gasteiger partial charge on any atom is -0.394 e. The van der Waals surface area contributed by atoms with E-state index >= 15 is 0 Å². The van der Waals surface area contributed by atoms with Crippen molar-refractivity contribution in [1.29, 1.82) is 0 Å². The molecule has 0 aromatic heterocycles. The van der Waals surface area contributed by atoms with E-state index < -0.39 is 49.5 Å². The minimum absolute atomic E-state index is 0.132. The van der Waals surface area contributed by atoms with Gasteiger partial charge in [0.1, 0.15) is 24.4 Å². The van der Waals surface area contributed by atoms with Crippen LogP contribution in [0.2, 0.25) is 0 Å². The molecule has 1 heterocycles. The SMILES string of the molecule is CCCCCCCCCCCCCCCCCCCC(=O)N[C@@H](CO[C@H]1O[C@@H](CO)[C@H](O)C(O)C1O)[C@H](O)CCCCCCCCCCCCC. The Balaban J connectivity index is 2.32.